The molecule has 1 saturated heterocycles. The second kappa shape index (κ2) is 6.58. The van der Waals surface area contributed by atoms with Crippen molar-refractivity contribution in [1.82, 2.24) is 10.2 Å². The molecule has 0 spiro atoms. The van der Waals surface area contributed by atoms with Crippen LogP contribution in [0.2, 0.25) is 0 Å². The molecule has 1 rings (SSSR count). The van der Waals surface area contributed by atoms with Crippen LogP contribution in [-0.4, -0.2) is 49.3 Å². The molecule has 3 heteroatoms. The zero-order valence-electron chi connectivity index (χ0n) is 11.5. The number of rotatable bonds is 5. The third-order valence-electron chi connectivity index (χ3n) is 3.29. The summed E-state index contributed by atoms with van der Waals surface area (Å²) < 4.78 is 5.79. The van der Waals surface area contributed by atoms with Gasteiger partial charge in [0, 0.05) is 25.7 Å². The molecule has 0 aromatic rings. The predicted octanol–water partition coefficient (Wildman–Crippen LogP) is 1.73. The van der Waals surface area contributed by atoms with Gasteiger partial charge in [0.1, 0.15) is 0 Å². The Hall–Kier alpha value is -0.120. The van der Waals surface area contributed by atoms with Gasteiger partial charge in [0.2, 0.25) is 0 Å². The molecule has 3 atom stereocenters. The number of nitrogens with one attached hydrogen (secondary N) is 1. The van der Waals surface area contributed by atoms with Crippen LogP contribution in [-0.2, 0) is 4.74 Å². The molecule has 1 aliphatic rings. The van der Waals surface area contributed by atoms with Crippen LogP contribution >= 0.6 is 0 Å². The fourth-order valence-corrected chi connectivity index (χ4v) is 2.57. The van der Waals surface area contributed by atoms with Gasteiger partial charge in [-0.15, -0.1) is 0 Å². The molecule has 0 saturated carbocycles. The molecule has 1 heterocycles. The Kier molecular flexibility index (Phi) is 5.73. The Morgan fingerprint density at radius 2 is 1.81 bits per heavy atom. The monoisotopic (exact) mass is 228 g/mol. The lowest BCUT2D eigenvalue weighted by molar-refractivity contribution is -0.0850. The Bertz CT molecular complexity index is 186. The normalized spacial score (nSPS) is 29.6. The van der Waals surface area contributed by atoms with E-state index in [1.807, 2.05) is 0 Å². The molecule has 0 aliphatic carbocycles. The Balaban J connectivity index is 2.55. The number of nitrogens with zero attached hydrogens (tertiary/aromatic N) is 1. The largest absolute Gasteiger partial charge is 0.373 e. The van der Waals surface area contributed by atoms with Gasteiger partial charge in [-0.05, 0) is 26.3 Å². The molecule has 0 aromatic carbocycles. The van der Waals surface area contributed by atoms with Crippen LogP contribution in [0.4, 0.5) is 0 Å². The third kappa shape index (κ3) is 4.04. The molecule has 0 radical (unpaired) electrons. The van der Waals surface area contributed by atoms with Gasteiger partial charge in [0.05, 0.1) is 12.2 Å². The van der Waals surface area contributed by atoms with Crippen LogP contribution < -0.4 is 5.32 Å². The van der Waals surface area contributed by atoms with Crippen molar-refractivity contribution in [2.45, 2.75) is 52.9 Å². The standard InChI is InChI=1S/C13H28N2O/c1-6-14-7-13(10(2)3)15-8-11(4)16-12(5)9-15/h10-14H,6-9H2,1-5H3. The van der Waals surface area contributed by atoms with Crippen molar-refractivity contribution in [3.8, 4) is 0 Å². The van der Waals surface area contributed by atoms with Crippen molar-refractivity contribution in [3.05, 3.63) is 0 Å². The van der Waals surface area contributed by atoms with Gasteiger partial charge in [-0.2, -0.15) is 0 Å². The summed E-state index contributed by atoms with van der Waals surface area (Å²) in [5.74, 6) is 0.691. The van der Waals surface area contributed by atoms with Crippen molar-refractivity contribution < 1.29 is 4.74 Å². The number of hydrogen-bond donors (Lipinski definition) is 1. The van der Waals surface area contributed by atoms with Crippen molar-refractivity contribution in [2.75, 3.05) is 26.2 Å². The topological polar surface area (TPSA) is 24.5 Å². The van der Waals surface area contributed by atoms with Gasteiger partial charge in [-0.25, -0.2) is 0 Å². The molecule has 0 amide bonds. The van der Waals surface area contributed by atoms with E-state index in [1.165, 1.54) is 0 Å². The summed E-state index contributed by atoms with van der Waals surface area (Å²) in [4.78, 5) is 2.59. The van der Waals surface area contributed by atoms with Crippen molar-refractivity contribution >= 4 is 0 Å². The Morgan fingerprint density at radius 1 is 1.25 bits per heavy atom. The summed E-state index contributed by atoms with van der Waals surface area (Å²) in [5.41, 5.74) is 0. The van der Waals surface area contributed by atoms with Crippen LogP contribution in [0.15, 0.2) is 0 Å². The van der Waals surface area contributed by atoms with E-state index >= 15 is 0 Å². The second-order valence-corrected chi connectivity index (χ2v) is 5.33. The second-order valence-electron chi connectivity index (χ2n) is 5.33. The number of ether oxygens (including phenoxy) is 1. The lowest BCUT2D eigenvalue weighted by atomic mass is 10.0. The van der Waals surface area contributed by atoms with Crippen molar-refractivity contribution in [2.24, 2.45) is 5.92 Å². The summed E-state index contributed by atoms with van der Waals surface area (Å²) in [7, 11) is 0. The van der Waals surface area contributed by atoms with Crippen LogP contribution in [0.25, 0.3) is 0 Å². The first-order chi connectivity index (χ1) is 7.54. The van der Waals surface area contributed by atoms with E-state index in [4.69, 9.17) is 4.74 Å². The highest BCUT2D eigenvalue weighted by Crippen LogP contribution is 2.17. The molecular weight excluding hydrogens is 200 g/mol. The first-order valence-electron chi connectivity index (χ1n) is 6.64. The highest BCUT2D eigenvalue weighted by molar-refractivity contribution is 4.83. The molecule has 3 nitrogen and oxygen atoms in total. The summed E-state index contributed by atoms with van der Waals surface area (Å²) in [6.45, 7) is 15.4. The number of hydrogen-bond acceptors (Lipinski definition) is 3. The van der Waals surface area contributed by atoms with E-state index in [0.717, 1.165) is 26.2 Å². The summed E-state index contributed by atoms with van der Waals surface area (Å²) in [6, 6.07) is 0.633. The minimum atomic E-state index is 0.367. The third-order valence-corrected chi connectivity index (χ3v) is 3.29. The van der Waals surface area contributed by atoms with Crippen LogP contribution in [0, 0.1) is 5.92 Å². The quantitative estimate of drug-likeness (QED) is 0.775. The molecule has 16 heavy (non-hydrogen) atoms. The zero-order chi connectivity index (χ0) is 12.1. The average Bonchev–Trinajstić information content (AvgIpc) is 2.16. The summed E-state index contributed by atoms with van der Waals surface area (Å²) in [5, 5.41) is 3.47. The SMILES string of the molecule is CCNCC(C(C)C)N1CC(C)OC(C)C1. The van der Waals surface area contributed by atoms with Gasteiger partial charge in [-0.3, -0.25) is 4.90 Å². The summed E-state index contributed by atoms with van der Waals surface area (Å²) in [6.07, 6.45) is 0.734. The lowest BCUT2D eigenvalue weighted by Gasteiger charge is -2.42. The molecule has 96 valence electrons. The fraction of sp³-hybridized carbons (Fsp3) is 1.00. The molecule has 0 aromatic heterocycles. The minimum absolute atomic E-state index is 0.367. The first-order valence-corrected chi connectivity index (χ1v) is 6.64. The van der Waals surface area contributed by atoms with Gasteiger partial charge in [0.25, 0.3) is 0 Å². The lowest BCUT2D eigenvalue weighted by Crippen LogP contribution is -2.54. The van der Waals surface area contributed by atoms with Crippen molar-refractivity contribution in [1.29, 1.82) is 0 Å². The van der Waals surface area contributed by atoms with Crippen LogP contribution in [0.3, 0.4) is 0 Å². The van der Waals surface area contributed by atoms with E-state index in [0.29, 0.717) is 24.2 Å². The smallest absolute Gasteiger partial charge is 0.0678 e. The fourth-order valence-electron chi connectivity index (χ4n) is 2.57. The summed E-state index contributed by atoms with van der Waals surface area (Å²) >= 11 is 0. The van der Waals surface area contributed by atoms with Crippen LogP contribution in [0.1, 0.15) is 34.6 Å². The molecule has 3 unspecified atom stereocenters. The van der Waals surface area contributed by atoms with Crippen molar-refractivity contribution in [3.63, 3.8) is 0 Å². The number of likely N-dealkylation sites (N-methyl/N-ethyl adjacent to an activating group) is 1. The number of morpholine rings is 1. The van der Waals surface area contributed by atoms with Gasteiger partial charge in [-0.1, -0.05) is 20.8 Å². The maximum Gasteiger partial charge on any atom is 0.0678 e. The van der Waals surface area contributed by atoms with E-state index < -0.39 is 0 Å². The Labute approximate surface area is 101 Å². The van der Waals surface area contributed by atoms with E-state index in [2.05, 4.69) is 44.8 Å². The zero-order valence-corrected chi connectivity index (χ0v) is 11.5. The molecule has 0 bridgehead atoms. The maximum atomic E-state index is 5.79. The average molecular weight is 228 g/mol. The predicted molar refractivity (Wildman–Crippen MR) is 68.8 cm³/mol. The highest BCUT2D eigenvalue weighted by Gasteiger charge is 2.29. The van der Waals surface area contributed by atoms with Gasteiger partial charge < -0.3 is 10.1 Å². The molecule has 1 aliphatic heterocycles. The first kappa shape index (κ1) is 13.9. The van der Waals surface area contributed by atoms with E-state index in [-0.39, 0.29) is 0 Å². The molecular formula is C13H28N2O. The van der Waals surface area contributed by atoms with E-state index in [9.17, 15) is 0 Å². The molecule has 1 N–H and O–H groups in total. The molecule has 1 fully saturated rings. The van der Waals surface area contributed by atoms with Crippen LogP contribution in [0.5, 0.6) is 0 Å². The van der Waals surface area contributed by atoms with Gasteiger partial charge >= 0.3 is 0 Å². The van der Waals surface area contributed by atoms with E-state index in [1.54, 1.807) is 0 Å². The Morgan fingerprint density at radius 3 is 2.25 bits per heavy atom. The minimum Gasteiger partial charge on any atom is -0.373 e. The highest BCUT2D eigenvalue weighted by atomic mass is 16.5. The maximum absolute atomic E-state index is 5.79. The van der Waals surface area contributed by atoms with Gasteiger partial charge in [0.15, 0.2) is 0 Å².